The summed E-state index contributed by atoms with van der Waals surface area (Å²) in [6.45, 7) is 3.62. The number of aromatic carboxylic acids is 1. The average Bonchev–Trinajstić information content (AvgIpc) is 3.31. The number of ether oxygens (including phenoxy) is 2. The van der Waals surface area contributed by atoms with Gasteiger partial charge in [0.15, 0.2) is 11.3 Å². The van der Waals surface area contributed by atoms with Crippen LogP contribution in [0.4, 0.5) is 4.39 Å². The van der Waals surface area contributed by atoms with E-state index in [0.717, 1.165) is 55.9 Å². The molecule has 1 N–H and O–H groups in total. The molecular weight excluding hydrogens is 594 g/mol. The molecule has 2 aromatic heterocycles. The maximum atomic E-state index is 14.8. The molecule has 2 saturated heterocycles. The predicted molar refractivity (Wildman–Crippen MR) is 161 cm³/mol. The minimum atomic E-state index is -1.06. The maximum absolute atomic E-state index is 14.8. The standard InChI is InChI=1S/C32H29Cl2FN4O4/c33-19-4-5-23(25(35)14-19)28-15-24(34)22-3-1-2-21(30(22)43-28)18-8-11-38(12-9-18)17-29-36-26-6-7-27(32(40)41)37-31(26)39(29)16-20-10-13-42-20/h1-7,14-15,18,20,28H,8-13,16-17H2,(H,40,41)/t20-,28+/m0/s1. The topological polar surface area (TPSA) is 89.7 Å². The van der Waals surface area contributed by atoms with Crippen LogP contribution in [0.1, 0.15) is 64.3 Å². The Labute approximate surface area is 257 Å². The molecule has 0 saturated carbocycles. The number of fused-ring (bicyclic) bond motifs is 2. The fourth-order valence-electron chi connectivity index (χ4n) is 6.18. The van der Waals surface area contributed by atoms with E-state index in [0.29, 0.717) is 45.6 Å². The summed E-state index contributed by atoms with van der Waals surface area (Å²) in [5, 5.41) is 10.3. The number of hydrogen-bond acceptors (Lipinski definition) is 6. The molecule has 0 unspecified atom stereocenters. The largest absolute Gasteiger partial charge is 0.480 e. The highest BCUT2D eigenvalue weighted by Crippen LogP contribution is 2.46. The van der Waals surface area contributed by atoms with Gasteiger partial charge in [-0.3, -0.25) is 4.90 Å². The molecule has 5 heterocycles. The second kappa shape index (κ2) is 11.5. The summed E-state index contributed by atoms with van der Waals surface area (Å²) in [5.41, 5.74) is 3.52. The van der Waals surface area contributed by atoms with Gasteiger partial charge >= 0.3 is 5.97 Å². The number of imidazole rings is 1. The second-order valence-corrected chi connectivity index (χ2v) is 12.1. The van der Waals surface area contributed by atoms with E-state index in [1.54, 1.807) is 24.3 Å². The molecule has 0 amide bonds. The van der Waals surface area contributed by atoms with Crippen molar-refractivity contribution < 1.29 is 23.8 Å². The number of aromatic nitrogens is 3. The number of benzene rings is 2. The Balaban J connectivity index is 1.10. The van der Waals surface area contributed by atoms with Crippen molar-refractivity contribution in [3.8, 4) is 5.75 Å². The Morgan fingerprint density at radius 3 is 2.58 bits per heavy atom. The summed E-state index contributed by atoms with van der Waals surface area (Å²) in [6.07, 6.45) is 3.91. The zero-order chi connectivity index (χ0) is 29.7. The Morgan fingerprint density at radius 2 is 1.86 bits per heavy atom. The highest BCUT2D eigenvalue weighted by Gasteiger charge is 2.31. The first-order valence-electron chi connectivity index (χ1n) is 14.4. The van der Waals surface area contributed by atoms with E-state index in [4.69, 9.17) is 37.7 Å². The van der Waals surface area contributed by atoms with Crippen LogP contribution in [0, 0.1) is 5.82 Å². The van der Waals surface area contributed by atoms with Gasteiger partial charge in [-0.05, 0) is 80.2 Å². The lowest BCUT2D eigenvalue weighted by molar-refractivity contribution is -0.0593. The third-order valence-electron chi connectivity index (χ3n) is 8.58. The first kappa shape index (κ1) is 28.3. The number of nitrogens with zero attached hydrogens (tertiary/aromatic N) is 4. The third kappa shape index (κ3) is 5.51. The van der Waals surface area contributed by atoms with E-state index >= 15 is 0 Å². The van der Waals surface area contributed by atoms with Crippen molar-refractivity contribution in [1.29, 1.82) is 0 Å². The van der Waals surface area contributed by atoms with Gasteiger partial charge in [-0.1, -0.05) is 41.4 Å². The molecule has 0 radical (unpaired) electrons. The Morgan fingerprint density at radius 1 is 1.05 bits per heavy atom. The van der Waals surface area contributed by atoms with Crippen LogP contribution in [-0.4, -0.2) is 56.3 Å². The quantitative estimate of drug-likeness (QED) is 0.242. The minimum absolute atomic E-state index is 0.0000533. The van der Waals surface area contributed by atoms with Crippen LogP contribution in [0.25, 0.3) is 16.2 Å². The van der Waals surface area contributed by atoms with Crippen molar-refractivity contribution in [2.75, 3.05) is 19.7 Å². The van der Waals surface area contributed by atoms with Gasteiger partial charge in [-0.15, -0.1) is 0 Å². The number of pyridine rings is 1. The highest BCUT2D eigenvalue weighted by molar-refractivity contribution is 6.49. The van der Waals surface area contributed by atoms with Crippen molar-refractivity contribution in [3.63, 3.8) is 0 Å². The number of piperidine rings is 1. The van der Waals surface area contributed by atoms with E-state index in [9.17, 15) is 14.3 Å². The molecule has 7 rings (SSSR count). The van der Waals surface area contributed by atoms with Gasteiger partial charge < -0.3 is 19.1 Å². The number of halogens is 3. The first-order valence-corrected chi connectivity index (χ1v) is 15.2. The van der Waals surface area contributed by atoms with E-state index in [-0.39, 0.29) is 17.7 Å². The normalized spacial score (nSPS) is 20.8. The molecule has 2 fully saturated rings. The molecule has 2 aromatic carbocycles. The fraction of sp³-hybridized carbons (Fsp3) is 0.344. The van der Waals surface area contributed by atoms with Crippen LogP contribution in [0.2, 0.25) is 5.02 Å². The predicted octanol–water partition coefficient (Wildman–Crippen LogP) is 6.80. The van der Waals surface area contributed by atoms with Crippen molar-refractivity contribution in [2.24, 2.45) is 0 Å². The highest BCUT2D eigenvalue weighted by atomic mass is 35.5. The molecule has 43 heavy (non-hydrogen) atoms. The molecule has 11 heteroatoms. The van der Waals surface area contributed by atoms with Gasteiger partial charge in [0.05, 0.1) is 24.2 Å². The summed E-state index contributed by atoms with van der Waals surface area (Å²) in [5.74, 6) is 0.300. The molecule has 0 aliphatic carbocycles. The maximum Gasteiger partial charge on any atom is 0.354 e. The van der Waals surface area contributed by atoms with Crippen molar-refractivity contribution in [1.82, 2.24) is 19.4 Å². The number of para-hydroxylation sites is 1. The van der Waals surface area contributed by atoms with Gasteiger partial charge in [0.25, 0.3) is 0 Å². The summed E-state index contributed by atoms with van der Waals surface area (Å²) in [4.78, 5) is 23.2. The molecule has 222 valence electrons. The monoisotopic (exact) mass is 622 g/mol. The summed E-state index contributed by atoms with van der Waals surface area (Å²) in [6, 6.07) is 13.8. The van der Waals surface area contributed by atoms with Crippen molar-refractivity contribution in [2.45, 2.75) is 50.5 Å². The Kier molecular flexibility index (Phi) is 7.59. The van der Waals surface area contributed by atoms with E-state index in [1.807, 2.05) is 16.7 Å². The van der Waals surface area contributed by atoms with Crippen LogP contribution in [0.5, 0.6) is 5.75 Å². The van der Waals surface area contributed by atoms with Crippen LogP contribution < -0.4 is 4.74 Å². The fourth-order valence-corrected chi connectivity index (χ4v) is 6.60. The van der Waals surface area contributed by atoms with Gasteiger partial charge in [-0.2, -0.15) is 0 Å². The lowest BCUT2D eigenvalue weighted by Gasteiger charge is -2.34. The van der Waals surface area contributed by atoms with E-state index in [1.165, 1.54) is 12.1 Å². The zero-order valence-corrected chi connectivity index (χ0v) is 24.7. The van der Waals surface area contributed by atoms with Crippen molar-refractivity contribution in [3.05, 3.63) is 93.7 Å². The molecule has 0 bridgehead atoms. The number of likely N-dealkylation sites (tertiary alicyclic amines) is 1. The summed E-state index contributed by atoms with van der Waals surface area (Å²) >= 11 is 12.7. The lowest BCUT2D eigenvalue weighted by atomic mass is 9.87. The second-order valence-electron chi connectivity index (χ2n) is 11.3. The average molecular weight is 624 g/mol. The smallest absolute Gasteiger partial charge is 0.354 e. The minimum Gasteiger partial charge on any atom is -0.480 e. The van der Waals surface area contributed by atoms with Gasteiger partial charge in [0.1, 0.15) is 29.0 Å². The number of rotatable bonds is 7. The molecule has 3 aliphatic heterocycles. The molecule has 2 atom stereocenters. The van der Waals surface area contributed by atoms with Crippen molar-refractivity contribution >= 4 is 45.4 Å². The van der Waals surface area contributed by atoms with Crippen LogP contribution in [0.3, 0.4) is 0 Å². The molecule has 4 aromatic rings. The third-order valence-corrected chi connectivity index (χ3v) is 9.14. The number of hydrogen-bond donors (Lipinski definition) is 1. The van der Waals surface area contributed by atoms with Gasteiger partial charge in [-0.25, -0.2) is 19.2 Å². The summed E-state index contributed by atoms with van der Waals surface area (Å²) in [7, 11) is 0. The molecule has 8 nitrogen and oxygen atoms in total. The number of carbonyl (C=O) groups is 1. The van der Waals surface area contributed by atoms with E-state index < -0.39 is 17.9 Å². The lowest BCUT2D eigenvalue weighted by Crippen LogP contribution is -2.35. The molecule has 3 aliphatic rings. The van der Waals surface area contributed by atoms with Gasteiger partial charge in [0.2, 0.25) is 0 Å². The number of carboxylic acid groups (broad SMARTS) is 1. The zero-order valence-electron chi connectivity index (χ0n) is 23.2. The first-order chi connectivity index (χ1) is 20.8. The van der Waals surface area contributed by atoms with Crippen LogP contribution in [0.15, 0.2) is 54.6 Å². The Hall–Kier alpha value is -3.50. The van der Waals surface area contributed by atoms with Gasteiger partial charge in [0, 0.05) is 22.8 Å². The number of carboxylic acids is 1. The summed E-state index contributed by atoms with van der Waals surface area (Å²) < 4.78 is 28.9. The Bertz CT molecular complexity index is 1750. The van der Waals surface area contributed by atoms with E-state index in [2.05, 4.69) is 16.0 Å². The molecule has 0 spiro atoms. The molecular formula is C32H29Cl2FN4O4. The van der Waals surface area contributed by atoms with Crippen LogP contribution >= 0.6 is 23.2 Å². The SMILES string of the molecule is O=C(O)c1ccc2nc(CN3CCC(c4cccc5c4O[C@@H](c4ccc(Cl)cc4F)C=C5Cl)CC3)n(C[C@@H]3CCO3)c2n1. The van der Waals surface area contributed by atoms with Crippen LogP contribution in [-0.2, 0) is 17.8 Å².